The fourth-order valence-corrected chi connectivity index (χ4v) is 4.58. The SMILES string of the molecule is CCc1nc2c(C(N)=O)cc(N3CCOCC3)cc2n1-c1c(C)cnc2c(C#N)cccc12. The number of para-hydroxylation sites is 1. The van der Waals surface area contributed by atoms with Crippen molar-refractivity contribution in [2.24, 2.45) is 5.73 Å². The number of fused-ring (bicyclic) bond motifs is 2. The van der Waals surface area contributed by atoms with Gasteiger partial charge >= 0.3 is 0 Å². The fraction of sp³-hybridized carbons (Fsp3) is 0.280. The number of amides is 1. The van der Waals surface area contributed by atoms with Crippen LogP contribution < -0.4 is 10.6 Å². The normalized spacial score (nSPS) is 14.0. The minimum atomic E-state index is -0.509. The predicted molar refractivity (Wildman–Crippen MR) is 127 cm³/mol. The van der Waals surface area contributed by atoms with Gasteiger partial charge in [-0.1, -0.05) is 19.1 Å². The van der Waals surface area contributed by atoms with Crippen LogP contribution in [-0.2, 0) is 11.2 Å². The van der Waals surface area contributed by atoms with Gasteiger partial charge in [0.1, 0.15) is 17.4 Å². The first kappa shape index (κ1) is 20.9. The van der Waals surface area contributed by atoms with Crippen molar-refractivity contribution >= 4 is 33.5 Å². The number of hydrogen-bond acceptors (Lipinski definition) is 6. The average molecular weight is 441 g/mol. The van der Waals surface area contributed by atoms with Crippen molar-refractivity contribution in [3.8, 4) is 11.8 Å². The minimum Gasteiger partial charge on any atom is -0.378 e. The Morgan fingerprint density at radius 3 is 2.73 bits per heavy atom. The van der Waals surface area contributed by atoms with Crippen LogP contribution in [0.25, 0.3) is 27.6 Å². The molecule has 33 heavy (non-hydrogen) atoms. The van der Waals surface area contributed by atoms with Gasteiger partial charge in [-0.25, -0.2) is 4.98 Å². The lowest BCUT2D eigenvalue weighted by molar-refractivity contribution is 0.100. The molecule has 3 heterocycles. The van der Waals surface area contributed by atoms with E-state index in [9.17, 15) is 10.1 Å². The van der Waals surface area contributed by atoms with E-state index in [0.29, 0.717) is 41.8 Å². The van der Waals surface area contributed by atoms with Crippen LogP contribution in [0, 0.1) is 18.3 Å². The highest BCUT2D eigenvalue weighted by Gasteiger charge is 2.23. The van der Waals surface area contributed by atoms with Crippen LogP contribution in [0.5, 0.6) is 0 Å². The third kappa shape index (κ3) is 3.38. The maximum Gasteiger partial charge on any atom is 0.251 e. The van der Waals surface area contributed by atoms with Gasteiger partial charge in [-0.15, -0.1) is 0 Å². The number of hydrogen-bond donors (Lipinski definition) is 1. The van der Waals surface area contributed by atoms with Crippen molar-refractivity contribution in [3.63, 3.8) is 0 Å². The first-order valence-electron chi connectivity index (χ1n) is 11.0. The molecule has 0 radical (unpaired) electrons. The number of carbonyl (C=O) groups excluding carboxylic acids is 1. The molecule has 2 aromatic carbocycles. The van der Waals surface area contributed by atoms with Gasteiger partial charge in [0.05, 0.1) is 41.1 Å². The van der Waals surface area contributed by atoms with E-state index in [1.54, 1.807) is 12.3 Å². The molecule has 2 aromatic heterocycles. The molecule has 0 saturated carbocycles. The highest BCUT2D eigenvalue weighted by atomic mass is 16.5. The van der Waals surface area contributed by atoms with E-state index in [0.717, 1.165) is 46.8 Å². The largest absolute Gasteiger partial charge is 0.378 e. The number of pyridine rings is 1. The Kier molecular flexibility index (Phi) is 5.19. The van der Waals surface area contributed by atoms with Crippen LogP contribution in [0.3, 0.4) is 0 Å². The Morgan fingerprint density at radius 1 is 1.24 bits per heavy atom. The van der Waals surface area contributed by atoms with Crippen molar-refractivity contribution < 1.29 is 9.53 Å². The second kappa shape index (κ2) is 8.19. The number of carbonyl (C=O) groups is 1. The molecule has 8 heteroatoms. The van der Waals surface area contributed by atoms with Crippen molar-refractivity contribution in [2.45, 2.75) is 20.3 Å². The van der Waals surface area contributed by atoms with Gasteiger partial charge < -0.3 is 15.4 Å². The molecular formula is C25H24N6O2. The van der Waals surface area contributed by atoms with Crippen LogP contribution in [0.1, 0.15) is 34.2 Å². The topological polar surface area (TPSA) is 110 Å². The maximum absolute atomic E-state index is 12.4. The average Bonchev–Trinajstić information content (AvgIpc) is 3.21. The van der Waals surface area contributed by atoms with Crippen molar-refractivity contribution in [2.75, 3.05) is 31.2 Å². The highest BCUT2D eigenvalue weighted by molar-refractivity contribution is 6.06. The summed E-state index contributed by atoms with van der Waals surface area (Å²) in [5.41, 5.74) is 11.5. The number of anilines is 1. The van der Waals surface area contributed by atoms with Gasteiger partial charge in [0.25, 0.3) is 5.91 Å². The number of nitrogens with two attached hydrogens (primary N) is 1. The van der Waals surface area contributed by atoms with E-state index in [1.807, 2.05) is 32.0 Å². The zero-order valence-corrected chi connectivity index (χ0v) is 18.6. The first-order chi connectivity index (χ1) is 16.0. The molecule has 1 fully saturated rings. The number of primary amides is 1. The molecule has 0 bridgehead atoms. The van der Waals surface area contributed by atoms with Crippen LogP contribution in [-0.4, -0.2) is 46.7 Å². The fourth-order valence-electron chi connectivity index (χ4n) is 4.58. The number of morpholine rings is 1. The van der Waals surface area contributed by atoms with Gasteiger partial charge in [0.2, 0.25) is 0 Å². The van der Waals surface area contributed by atoms with Crippen LogP contribution >= 0.6 is 0 Å². The Bertz CT molecular complexity index is 1440. The standard InChI is InChI=1S/C25H24N6O2/c1-3-21-29-23-19(25(27)32)11-17(30-7-9-33-10-8-30)12-20(23)31(21)24-15(2)14-28-22-16(13-26)5-4-6-18(22)24/h4-6,11-12,14H,3,7-10H2,1-2H3,(H2,27,32). The molecule has 0 spiro atoms. The number of aryl methyl sites for hydroxylation is 2. The number of ether oxygens (including phenoxy) is 1. The van der Waals surface area contributed by atoms with E-state index in [1.165, 1.54) is 0 Å². The van der Waals surface area contributed by atoms with E-state index in [-0.39, 0.29) is 0 Å². The molecule has 0 aliphatic carbocycles. The van der Waals surface area contributed by atoms with Gasteiger partial charge in [-0.2, -0.15) is 5.26 Å². The molecule has 1 aliphatic heterocycles. The lowest BCUT2D eigenvalue weighted by atomic mass is 10.1. The Labute approximate surface area is 191 Å². The second-order valence-electron chi connectivity index (χ2n) is 8.15. The number of rotatable bonds is 4. The van der Waals surface area contributed by atoms with Gasteiger partial charge in [0, 0.05) is 36.8 Å². The smallest absolute Gasteiger partial charge is 0.251 e. The number of benzene rings is 2. The number of aromatic nitrogens is 3. The molecule has 8 nitrogen and oxygen atoms in total. The summed E-state index contributed by atoms with van der Waals surface area (Å²) in [5, 5.41) is 10.5. The van der Waals surface area contributed by atoms with Crippen LogP contribution in [0.4, 0.5) is 5.69 Å². The molecule has 1 saturated heterocycles. The summed E-state index contributed by atoms with van der Waals surface area (Å²) in [6.45, 7) is 6.77. The summed E-state index contributed by atoms with van der Waals surface area (Å²) in [4.78, 5) is 24.0. The van der Waals surface area contributed by atoms with Crippen molar-refractivity contribution in [1.82, 2.24) is 14.5 Å². The van der Waals surface area contributed by atoms with Gasteiger partial charge in [-0.05, 0) is 30.7 Å². The molecule has 5 rings (SSSR count). The molecule has 1 amide bonds. The molecule has 2 N–H and O–H groups in total. The van der Waals surface area contributed by atoms with Gasteiger partial charge in [-0.3, -0.25) is 14.3 Å². The van der Waals surface area contributed by atoms with E-state index >= 15 is 0 Å². The zero-order valence-electron chi connectivity index (χ0n) is 18.6. The monoisotopic (exact) mass is 440 g/mol. The summed E-state index contributed by atoms with van der Waals surface area (Å²) in [5.74, 6) is 0.301. The number of imidazole rings is 1. The van der Waals surface area contributed by atoms with Crippen LogP contribution in [0.15, 0.2) is 36.5 Å². The number of nitrogens with zero attached hydrogens (tertiary/aromatic N) is 5. The quantitative estimate of drug-likeness (QED) is 0.522. The van der Waals surface area contributed by atoms with Gasteiger partial charge in [0.15, 0.2) is 0 Å². The highest BCUT2D eigenvalue weighted by Crippen LogP contribution is 2.34. The van der Waals surface area contributed by atoms with E-state index in [2.05, 4.69) is 26.6 Å². The first-order valence-corrected chi connectivity index (χ1v) is 11.0. The second-order valence-corrected chi connectivity index (χ2v) is 8.15. The van der Waals surface area contributed by atoms with E-state index in [4.69, 9.17) is 15.5 Å². The summed E-state index contributed by atoms with van der Waals surface area (Å²) in [7, 11) is 0. The van der Waals surface area contributed by atoms with E-state index < -0.39 is 5.91 Å². The van der Waals surface area contributed by atoms with Crippen molar-refractivity contribution in [1.29, 1.82) is 5.26 Å². The maximum atomic E-state index is 12.4. The Balaban J connectivity index is 1.88. The molecule has 166 valence electrons. The lowest BCUT2D eigenvalue weighted by Gasteiger charge is -2.29. The number of nitriles is 1. The Morgan fingerprint density at radius 2 is 2.03 bits per heavy atom. The Hall–Kier alpha value is -3.96. The lowest BCUT2D eigenvalue weighted by Crippen LogP contribution is -2.36. The third-order valence-corrected chi connectivity index (χ3v) is 6.17. The summed E-state index contributed by atoms with van der Waals surface area (Å²) >= 11 is 0. The molecule has 1 aliphatic rings. The summed E-state index contributed by atoms with van der Waals surface area (Å²) in [6.07, 6.45) is 2.44. The predicted octanol–water partition coefficient (Wildman–Crippen LogP) is 3.25. The molecular weight excluding hydrogens is 416 g/mol. The van der Waals surface area contributed by atoms with Crippen molar-refractivity contribution in [3.05, 3.63) is 59.0 Å². The molecule has 4 aromatic rings. The summed E-state index contributed by atoms with van der Waals surface area (Å²) < 4.78 is 7.59. The third-order valence-electron chi connectivity index (χ3n) is 6.17. The molecule has 0 atom stereocenters. The zero-order chi connectivity index (χ0) is 23.1. The summed E-state index contributed by atoms with van der Waals surface area (Å²) in [6, 6.07) is 11.7. The minimum absolute atomic E-state index is 0.399. The van der Waals surface area contributed by atoms with Crippen LogP contribution in [0.2, 0.25) is 0 Å². The molecule has 0 unspecified atom stereocenters.